The molecule has 160 valence electrons. The maximum atomic E-state index is 12.6. The fourth-order valence-electron chi connectivity index (χ4n) is 3.50. The van der Waals surface area contributed by atoms with Crippen LogP contribution in [0.5, 0.6) is 5.75 Å². The van der Waals surface area contributed by atoms with Gasteiger partial charge in [0.05, 0.1) is 17.4 Å². The number of carbonyl (C=O) groups is 2. The number of hydrogen-bond acceptors (Lipinski definition) is 4. The summed E-state index contributed by atoms with van der Waals surface area (Å²) in [7, 11) is 1.55. The summed E-state index contributed by atoms with van der Waals surface area (Å²) in [6.07, 6.45) is 5.40. The highest BCUT2D eigenvalue weighted by atomic mass is 35.5. The molecule has 0 heterocycles. The van der Waals surface area contributed by atoms with E-state index in [1.165, 1.54) is 18.2 Å². The highest BCUT2D eigenvalue weighted by Gasteiger charge is 2.21. The van der Waals surface area contributed by atoms with E-state index in [4.69, 9.17) is 16.3 Å². The number of methoxy groups -OCH3 is 1. The van der Waals surface area contributed by atoms with E-state index in [-0.39, 0.29) is 23.0 Å². The molecule has 1 unspecified atom stereocenters. The summed E-state index contributed by atoms with van der Waals surface area (Å²) in [5.41, 5.74) is 1.39. The van der Waals surface area contributed by atoms with Crippen molar-refractivity contribution in [2.24, 2.45) is 5.92 Å². The third-order valence-electron chi connectivity index (χ3n) is 5.18. The normalized spacial score (nSPS) is 15.3. The van der Waals surface area contributed by atoms with Crippen LogP contribution in [0.4, 0.5) is 11.4 Å². The Labute approximate surface area is 186 Å². The topological polar surface area (TPSA) is 67.4 Å². The molecule has 5 nitrogen and oxygen atoms in total. The highest BCUT2D eigenvalue weighted by molar-refractivity contribution is 8.00. The van der Waals surface area contributed by atoms with E-state index in [2.05, 4.69) is 10.6 Å². The fourth-order valence-corrected chi connectivity index (χ4v) is 4.69. The molecule has 2 aromatic carbocycles. The van der Waals surface area contributed by atoms with Crippen molar-refractivity contribution in [1.82, 2.24) is 0 Å². The van der Waals surface area contributed by atoms with Crippen molar-refractivity contribution in [1.29, 1.82) is 0 Å². The van der Waals surface area contributed by atoms with E-state index in [0.717, 1.165) is 36.3 Å². The first-order chi connectivity index (χ1) is 14.5. The third-order valence-corrected chi connectivity index (χ3v) is 6.57. The minimum absolute atomic E-state index is 0.0963. The largest absolute Gasteiger partial charge is 0.495 e. The molecule has 30 heavy (non-hydrogen) atoms. The molecule has 0 radical (unpaired) electrons. The van der Waals surface area contributed by atoms with Crippen molar-refractivity contribution in [3.8, 4) is 5.75 Å². The Balaban J connectivity index is 1.57. The van der Waals surface area contributed by atoms with Crippen molar-refractivity contribution in [3.63, 3.8) is 0 Å². The number of amides is 2. The molecule has 7 heteroatoms. The number of carbonyl (C=O) groups excluding carboxylic acids is 2. The van der Waals surface area contributed by atoms with Crippen molar-refractivity contribution in [3.05, 3.63) is 47.5 Å². The quantitative estimate of drug-likeness (QED) is 0.513. The number of rotatable bonds is 7. The average molecular weight is 447 g/mol. The van der Waals surface area contributed by atoms with Gasteiger partial charge in [0, 0.05) is 22.2 Å². The molecule has 0 spiro atoms. The maximum absolute atomic E-state index is 12.6. The summed E-state index contributed by atoms with van der Waals surface area (Å²) in [6, 6.07) is 12.8. The predicted molar refractivity (Wildman–Crippen MR) is 124 cm³/mol. The maximum Gasteiger partial charge on any atom is 0.237 e. The Morgan fingerprint density at radius 3 is 2.50 bits per heavy atom. The summed E-state index contributed by atoms with van der Waals surface area (Å²) in [5, 5.41) is 6.02. The summed E-state index contributed by atoms with van der Waals surface area (Å²) in [5.74, 6) is 0.636. The minimum atomic E-state index is -0.324. The van der Waals surface area contributed by atoms with Crippen LogP contribution >= 0.6 is 23.4 Å². The predicted octanol–water partition coefficient (Wildman–Crippen LogP) is 5.99. The van der Waals surface area contributed by atoms with Gasteiger partial charge in [0.2, 0.25) is 11.8 Å². The first kappa shape index (κ1) is 22.5. The number of halogens is 1. The minimum Gasteiger partial charge on any atom is -0.495 e. The van der Waals surface area contributed by atoms with Crippen molar-refractivity contribution >= 4 is 46.6 Å². The third kappa shape index (κ3) is 6.16. The van der Waals surface area contributed by atoms with Crippen LogP contribution in [0.3, 0.4) is 0 Å². The van der Waals surface area contributed by atoms with E-state index in [9.17, 15) is 9.59 Å². The Morgan fingerprint density at radius 1 is 1.07 bits per heavy atom. The zero-order valence-corrected chi connectivity index (χ0v) is 18.8. The van der Waals surface area contributed by atoms with Crippen LogP contribution in [0.2, 0.25) is 5.02 Å². The average Bonchev–Trinajstić information content (AvgIpc) is 2.74. The molecule has 0 bridgehead atoms. The van der Waals surface area contributed by atoms with Crippen LogP contribution in [0, 0.1) is 5.92 Å². The second-order valence-corrected chi connectivity index (χ2v) is 9.27. The van der Waals surface area contributed by atoms with Crippen LogP contribution in [0.15, 0.2) is 47.4 Å². The zero-order valence-electron chi connectivity index (χ0n) is 17.2. The van der Waals surface area contributed by atoms with Gasteiger partial charge in [-0.15, -0.1) is 11.8 Å². The molecule has 2 N–H and O–H groups in total. The summed E-state index contributed by atoms with van der Waals surface area (Å²) in [6.45, 7) is 1.85. The van der Waals surface area contributed by atoms with Crippen LogP contribution in [0.1, 0.15) is 39.0 Å². The molecule has 1 atom stereocenters. The number of nitrogens with one attached hydrogen (secondary N) is 2. The van der Waals surface area contributed by atoms with Gasteiger partial charge in [0.1, 0.15) is 5.75 Å². The Morgan fingerprint density at radius 2 is 1.80 bits per heavy atom. The van der Waals surface area contributed by atoms with E-state index >= 15 is 0 Å². The van der Waals surface area contributed by atoms with Gasteiger partial charge < -0.3 is 15.4 Å². The molecule has 0 aliphatic heterocycles. The SMILES string of the molecule is COc1ccc(NC(=O)C(C)Sc2cccc(NC(=O)C3CCCCC3)c2)cc1Cl. The highest BCUT2D eigenvalue weighted by Crippen LogP contribution is 2.30. The molecule has 2 amide bonds. The van der Waals surface area contributed by atoms with E-state index in [1.54, 1.807) is 25.3 Å². The van der Waals surface area contributed by atoms with Crippen LogP contribution < -0.4 is 15.4 Å². The molecule has 1 saturated carbocycles. The van der Waals surface area contributed by atoms with Gasteiger partial charge in [-0.3, -0.25) is 9.59 Å². The number of ether oxygens (including phenoxy) is 1. The van der Waals surface area contributed by atoms with Gasteiger partial charge in [-0.25, -0.2) is 0 Å². The molecular formula is C23H27ClN2O3S. The lowest BCUT2D eigenvalue weighted by atomic mass is 9.88. The number of anilines is 2. The van der Waals surface area contributed by atoms with Crippen molar-refractivity contribution < 1.29 is 14.3 Å². The van der Waals surface area contributed by atoms with E-state index in [1.807, 2.05) is 31.2 Å². The fraction of sp³-hybridized carbons (Fsp3) is 0.391. The number of hydrogen-bond donors (Lipinski definition) is 2. The standard InChI is InChI=1S/C23H27ClN2O3S/c1-15(22(27)25-18-11-12-21(29-2)20(24)14-18)30-19-10-6-9-17(13-19)26-23(28)16-7-4-3-5-8-16/h6,9-16H,3-5,7-8H2,1-2H3,(H,25,27)(H,26,28). The lowest BCUT2D eigenvalue weighted by Gasteiger charge is -2.21. The van der Waals surface area contributed by atoms with Crippen LogP contribution in [0.25, 0.3) is 0 Å². The van der Waals surface area contributed by atoms with Crippen LogP contribution in [-0.4, -0.2) is 24.2 Å². The molecule has 1 aliphatic rings. The van der Waals surface area contributed by atoms with Gasteiger partial charge in [0.15, 0.2) is 0 Å². The van der Waals surface area contributed by atoms with E-state index < -0.39 is 0 Å². The van der Waals surface area contributed by atoms with Gasteiger partial charge in [0.25, 0.3) is 0 Å². The first-order valence-electron chi connectivity index (χ1n) is 10.2. The van der Waals surface area contributed by atoms with Crippen molar-refractivity contribution in [2.45, 2.75) is 49.2 Å². The molecule has 0 saturated heterocycles. The Kier molecular flexibility index (Phi) is 8.05. The molecule has 3 rings (SSSR count). The zero-order chi connectivity index (χ0) is 21.5. The van der Waals surface area contributed by atoms with Gasteiger partial charge in [-0.05, 0) is 56.2 Å². The van der Waals surface area contributed by atoms with Gasteiger partial charge in [-0.1, -0.05) is 36.9 Å². The first-order valence-corrected chi connectivity index (χ1v) is 11.4. The monoisotopic (exact) mass is 446 g/mol. The lowest BCUT2D eigenvalue weighted by molar-refractivity contribution is -0.120. The molecule has 1 fully saturated rings. The smallest absolute Gasteiger partial charge is 0.237 e. The summed E-state index contributed by atoms with van der Waals surface area (Å²) < 4.78 is 5.13. The molecular weight excluding hydrogens is 420 g/mol. The van der Waals surface area contributed by atoms with Crippen molar-refractivity contribution in [2.75, 3.05) is 17.7 Å². The number of thioether (sulfide) groups is 1. The second-order valence-electron chi connectivity index (χ2n) is 7.45. The summed E-state index contributed by atoms with van der Waals surface area (Å²) >= 11 is 7.56. The molecule has 2 aromatic rings. The number of benzene rings is 2. The Hall–Kier alpha value is -2.18. The molecule has 0 aromatic heterocycles. The van der Waals surface area contributed by atoms with Gasteiger partial charge in [-0.2, -0.15) is 0 Å². The molecule has 1 aliphatic carbocycles. The van der Waals surface area contributed by atoms with Crippen LogP contribution in [-0.2, 0) is 9.59 Å². The van der Waals surface area contributed by atoms with E-state index in [0.29, 0.717) is 16.5 Å². The summed E-state index contributed by atoms with van der Waals surface area (Å²) in [4.78, 5) is 26.0. The lowest BCUT2D eigenvalue weighted by Crippen LogP contribution is -2.24. The van der Waals surface area contributed by atoms with Gasteiger partial charge >= 0.3 is 0 Å². The second kappa shape index (κ2) is 10.7. The Bertz CT molecular complexity index is 900.